The molecular weight excluding hydrogens is 258 g/mol. The van der Waals surface area contributed by atoms with Crippen molar-refractivity contribution in [1.82, 2.24) is 4.90 Å². The summed E-state index contributed by atoms with van der Waals surface area (Å²) in [6.07, 6.45) is 1.94. The van der Waals surface area contributed by atoms with Gasteiger partial charge in [-0.2, -0.15) is 0 Å². The molecule has 0 aromatic heterocycles. The standard InChI is InChI=1S/C15H19NO4/c1-11(2)7-8-20-13-6-4-5-12(9-13)15(19)16(3)10-14(17)18/h4-7,9H,8,10H2,1-3H3,(H,17,18). The molecule has 1 rings (SSSR count). The Morgan fingerprint density at radius 1 is 1.35 bits per heavy atom. The molecule has 0 saturated carbocycles. The highest BCUT2D eigenvalue weighted by molar-refractivity contribution is 5.95. The molecule has 5 heteroatoms. The number of benzene rings is 1. The van der Waals surface area contributed by atoms with Crippen molar-refractivity contribution in [3.05, 3.63) is 41.5 Å². The minimum Gasteiger partial charge on any atom is -0.490 e. The van der Waals surface area contributed by atoms with E-state index in [1.807, 2.05) is 19.9 Å². The summed E-state index contributed by atoms with van der Waals surface area (Å²) in [5.41, 5.74) is 1.56. The molecule has 1 N–H and O–H groups in total. The van der Waals surface area contributed by atoms with E-state index in [9.17, 15) is 9.59 Å². The van der Waals surface area contributed by atoms with Crippen LogP contribution in [-0.2, 0) is 4.79 Å². The van der Waals surface area contributed by atoms with Crippen molar-refractivity contribution in [1.29, 1.82) is 0 Å². The Morgan fingerprint density at radius 2 is 2.05 bits per heavy atom. The SMILES string of the molecule is CC(C)=CCOc1cccc(C(=O)N(C)CC(=O)O)c1. The quantitative estimate of drug-likeness (QED) is 0.809. The number of amides is 1. The number of nitrogens with zero attached hydrogens (tertiary/aromatic N) is 1. The maximum absolute atomic E-state index is 12.0. The number of carboxylic acid groups (broad SMARTS) is 1. The second-order valence-electron chi connectivity index (χ2n) is 4.68. The van der Waals surface area contributed by atoms with Crippen molar-refractivity contribution >= 4 is 11.9 Å². The highest BCUT2D eigenvalue weighted by atomic mass is 16.5. The normalized spacial score (nSPS) is 9.75. The van der Waals surface area contributed by atoms with Crippen molar-refractivity contribution in [3.63, 3.8) is 0 Å². The molecule has 20 heavy (non-hydrogen) atoms. The molecule has 0 aliphatic carbocycles. The molecule has 1 aromatic carbocycles. The van der Waals surface area contributed by atoms with Crippen LogP contribution in [0.3, 0.4) is 0 Å². The van der Waals surface area contributed by atoms with E-state index >= 15 is 0 Å². The number of carboxylic acids is 1. The topological polar surface area (TPSA) is 66.8 Å². The molecular formula is C15H19NO4. The van der Waals surface area contributed by atoms with E-state index in [0.717, 1.165) is 10.5 Å². The molecule has 1 amide bonds. The Labute approximate surface area is 118 Å². The van der Waals surface area contributed by atoms with Gasteiger partial charge in [-0.1, -0.05) is 11.6 Å². The molecule has 0 unspecified atom stereocenters. The molecule has 0 atom stereocenters. The first kappa shape index (κ1) is 15.8. The fourth-order valence-electron chi connectivity index (χ4n) is 1.52. The zero-order valence-electron chi connectivity index (χ0n) is 11.9. The van der Waals surface area contributed by atoms with Gasteiger partial charge >= 0.3 is 5.97 Å². The van der Waals surface area contributed by atoms with E-state index < -0.39 is 5.97 Å². The summed E-state index contributed by atoms with van der Waals surface area (Å²) in [5.74, 6) is -0.811. The van der Waals surface area contributed by atoms with Gasteiger partial charge in [0.05, 0.1) is 0 Å². The largest absolute Gasteiger partial charge is 0.490 e. The number of likely N-dealkylation sites (N-methyl/N-ethyl adjacent to an activating group) is 1. The number of carbonyl (C=O) groups excluding carboxylic acids is 1. The second-order valence-corrected chi connectivity index (χ2v) is 4.68. The molecule has 0 heterocycles. The zero-order chi connectivity index (χ0) is 15.1. The number of allylic oxidation sites excluding steroid dienone is 1. The van der Waals surface area contributed by atoms with E-state index in [1.165, 1.54) is 7.05 Å². The van der Waals surface area contributed by atoms with Gasteiger partial charge in [0.25, 0.3) is 5.91 Å². The first-order chi connectivity index (χ1) is 9.40. The molecule has 108 valence electrons. The average molecular weight is 277 g/mol. The fourth-order valence-corrected chi connectivity index (χ4v) is 1.52. The van der Waals surface area contributed by atoms with E-state index in [0.29, 0.717) is 17.9 Å². The number of rotatable bonds is 6. The highest BCUT2D eigenvalue weighted by Gasteiger charge is 2.14. The van der Waals surface area contributed by atoms with E-state index in [4.69, 9.17) is 9.84 Å². The Kier molecular flexibility index (Phi) is 5.77. The number of carbonyl (C=O) groups is 2. The molecule has 0 radical (unpaired) electrons. The molecule has 0 fully saturated rings. The lowest BCUT2D eigenvalue weighted by Crippen LogP contribution is -2.31. The van der Waals surface area contributed by atoms with Gasteiger partial charge < -0.3 is 14.7 Å². The summed E-state index contributed by atoms with van der Waals surface area (Å²) >= 11 is 0. The Balaban J connectivity index is 2.74. The summed E-state index contributed by atoms with van der Waals surface area (Å²) < 4.78 is 5.51. The molecule has 0 spiro atoms. The summed E-state index contributed by atoms with van der Waals surface area (Å²) in [7, 11) is 1.45. The van der Waals surface area contributed by atoms with E-state index in [2.05, 4.69) is 0 Å². The van der Waals surface area contributed by atoms with Gasteiger partial charge in [-0.05, 0) is 38.1 Å². The van der Waals surface area contributed by atoms with Crippen LogP contribution in [0.4, 0.5) is 0 Å². The number of ether oxygens (including phenoxy) is 1. The lowest BCUT2D eigenvalue weighted by atomic mass is 10.2. The van der Waals surface area contributed by atoms with E-state index in [1.54, 1.807) is 24.3 Å². The van der Waals surface area contributed by atoms with Gasteiger partial charge in [-0.3, -0.25) is 9.59 Å². The van der Waals surface area contributed by atoms with Crippen LogP contribution < -0.4 is 4.74 Å². The molecule has 0 aliphatic rings. The molecule has 0 saturated heterocycles. The summed E-state index contributed by atoms with van der Waals surface area (Å²) in [6.45, 7) is 4.06. The van der Waals surface area contributed by atoms with Crippen LogP contribution in [-0.4, -0.2) is 42.1 Å². The van der Waals surface area contributed by atoms with Gasteiger partial charge in [-0.25, -0.2) is 0 Å². The summed E-state index contributed by atoms with van der Waals surface area (Å²) in [4.78, 5) is 23.8. The van der Waals surface area contributed by atoms with Crippen LogP contribution in [0.2, 0.25) is 0 Å². The lowest BCUT2D eigenvalue weighted by Gasteiger charge is -2.15. The minimum atomic E-state index is -1.04. The Hall–Kier alpha value is -2.30. The predicted molar refractivity (Wildman–Crippen MR) is 76.0 cm³/mol. The molecule has 1 aromatic rings. The summed E-state index contributed by atoms with van der Waals surface area (Å²) in [5, 5.41) is 8.68. The first-order valence-electron chi connectivity index (χ1n) is 6.23. The van der Waals surface area contributed by atoms with Crippen molar-refractivity contribution < 1.29 is 19.4 Å². The van der Waals surface area contributed by atoms with Crippen molar-refractivity contribution in [3.8, 4) is 5.75 Å². The van der Waals surface area contributed by atoms with Crippen molar-refractivity contribution in [2.24, 2.45) is 0 Å². The fraction of sp³-hybridized carbons (Fsp3) is 0.333. The first-order valence-corrected chi connectivity index (χ1v) is 6.23. The smallest absolute Gasteiger partial charge is 0.323 e. The molecule has 5 nitrogen and oxygen atoms in total. The molecule has 0 aliphatic heterocycles. The maximum atomic E-state index is 12.0. The zero-order valence-corrected chi connectivity index (χ0v) is 11.9. The third-order valence-electron chi connectivity index (χ3n) is 2.54. The maximum Gasteiger partial charge on any atom is 0.323 e. The van der Waals surface area contributed by atoms with Crippen LogP contribution in [0.25, 0.3) is 0 Å². The van der Waals surface area contributed by atoms with Gasteiger partial charge in [0, 0.05) is 12.6 Å². The van der Waals surface area contributed by atoms with Gasteiger partial charge in [0.1, 0.15) is 18.9 Å². The Bertz CT molecular complexity index is 518. The van der Waals surface area contributed by atoms with Crippen LogP contribution >= 0.6 is 0 Å². The average Bonchev–Trinajstić information content (AvgIpc) is 2.37. The van der Waals surface area contributed by atoms with Crippen LogP contribution in [0.15, 0.2) is 35.9 Å². The van der Waals surface area contributed by atoms with Crippen LogP contribution in [0.5, 0.6) is 5.75 Å². The predicted octanol–water partition coefficient (Wildman–Crippen LogP) is 2.19. The highest BCUT2D eigenvalue weighted by Crippen LogP contribution is 2.15. The van der Waals surface area contributed by atoms with Crippen molar-refractivity contribution in [2.45, 2.75) is 13.8 Å². The monoisotopic (exact) mass is 277 g/mol. The van der Waals surface area contributed by atoms with E-state index in [-0.39, 0.29) is 12.5 Å². The third-order valence-corrected chi connectivity index (χ3v) is 2.54. The number of hydrogen-bond acceptors (Lipinski definition) is 3. The van der Waals surface area contributed by atoms with Crippen molar-refractivity contribution in [2.75, 3.05) is 20.2 Å². The lowest BCUT2D eigenvalue weighted by molar-refractivity contribution is -0.137. The van der Waals surface area contributed by atoms with Gasteiger partial charge in [-0.15, -0.1) is 0 Å². The summed E-state index contributed by atoms with van der Waals surface area (Å²) in [6, 6.07) is 6.71. The third kappa shape index (κ3) is 5.14. The van der Waals surface area contributed by atoms with Gasteiger partial charge in [0.2, 0.25) is 0 Å². The molecule has 0 bridgehead atoms. The van der Waals surface area contributed by atoms with Crippen LogP contribution in [0.1, 0.15) is 24.2 Å². The Morgan fingerprint density at radius 3 is 2.65 bits per heavy atom. The number of aliphatic carboxylic acids is 1. The van der Waals surface area contributed by atoms with Gasteiger partial charge in [0.15, 0.2) is 0 Å². The van der Waals surface area contributed by atoms with Crippen LogP contribution in [0, 0.1) is 0 Å². The second kappa shape index (κ2) is 7.33. The minimum absolute atomic E-state index is 0.332. The number of hydrogen-bond donors (Lipinski definition) is 1.